The smallest absolute Gasteiger partial charge is 0.319 e. The van der Waals surface area contributed by atoms with E-state index in [0.717, 1.165) is 12.0 Å². The molecule has 0 fully saturated rings. The van der Waals surface area contributed by atoms with Gasteiger partial charge in [-0.15, -0.1) is 0 Å². The van der Waals surface area contributed by atoms with Gasteiger partial charge in [0.25, 0.3) is 0 Å². The molecule has 0 heterocycles. The number of methoxy groups -OCH3 is 1. The van der Waals surface area contributed by atoms with Crippen LogP contribution in [0.5, 0.6) is 0 Å². The maximum Gasteiger partial charge on any atom is 0.319 e. The fourth-order valence-electron chi connectivity index (χ4n) is 2.18. The first-order valence-corrected chi connectivity index (χ1v) is 5.31. The maximum atomic E-state index is 12.2. The van der Waals surface area contributed by atoms with Gasteiger partial charge in [-0.1, -0.05) is 24.3 Å². The van der Waals surface area contributed by atoms with Gasteiger partial charge in [-0.3, -0.25) is 9.59 Å². The third kappa shape index (κ3) is 1.43. The molecule has 16 heavy (non-hydrogen) atoms. The third-order valence-corrected chi connectivity index (χ3v) is 3.29. The molecule has 0 saturated heterocycles. The lowest BCUT2D eigenvalue weighted by molar-refractivity contribution is -0.149. The Labute approximate surface area is 94.4 Å². The first-order valence-electron chi connectivity index (χ1n) is 5.31. The lowest BCUT2D eigenvalue weighted by atomic mass is 9.72. The van der Waals surface area contributed by atoms with E-state index in [-0.39, 0.29) is 5.78 Å². The second kappa shape index (κ2) is 3.74. The van der Waals surface area contributed by atoms with E-state index in [2.05, 4.69) is 0 Å². The van der Waals surface area contributed by atoms with E-state index in [9.17, 15) is 9.59 Å². The van der Waals surface area contributed by atoms with E-state index in [1.54, 1.807) is 13.0 Å². The van der Waals surface area contributed by atoms with Gasteiger partial charge in [0.05, 0.1) is 7.11 Å². The van der Waals surface area contributed by atoms with Gasteiger partial charge in [0.15, 0.2) is 5.78 Å². The first kappa shape index (κ1) is 10.9. The number of Topliss-reactive ketones (excluding diaryl/α,β-unsaturated/α-hetero) is 1. The van der Waals surface area contributed by atoms with Crippen LogP contribution < -0.4 is 0 Å². The lowest BCUT2D eigenvalue weighted by Crippen LogP contribution is -2.41. The van der Waals surface area contributed by atoms with Crippen molar-refractivity contribution in [2.45, 2.75) is 19.8 Å². The molecule has 1 atom stereocenters. The molecule has 84 valence electrons. The van der Waals surface area contributed by atoms with Gasteiger partial charge in [0.1, 0.15) is 5.41 Å². The highest BCUT2D eigenvalue weighted by Gasteiger charge is 2.45. The van der Waals surface area contributed by atoms with E-state index in [0.29, 0.717) is 12.0 Å². The summed E-state index contributed by atoms with van der Waals surface area (Å²) in [6, 6.07) is 7.44. The number of hydrogen-bond donors (Lipinski definition) is 0. The molecule has 0 bridgehead atoms. The SMILES string of the molecule is COC(=O)C1(C)CCc2ccccc2C1=O. The predicted molar refractivity (Wildman–Crippen MR) is 59.2 cm³/mol. The standard InChI is InChI=1S/C13H14O3/c1-13(12(15)16-2)8-7-9-5-3-4-6-10(9)11(13)14/h3-6H,7-8H2,1-2H3. The minimum Gasteiger partial charge on any atom is -0.468 e. The second-order valence-corrected chi connectivity index (χ2v) is 4.31. The number of aryl methyl sites for hydroxylation is 1. The van der Waals surface area contributed by atoms with Crippen molar-refractivity contribution in [2.24, 2.45) is 5.41 Å². The Balaban J connectivity index is 2.45. The maximum absolute atomic E-state index is 12.2. The van der Waals surface area contributed by atoms with Crippen LogP contribution in [-0.4, -0.2) is 18.9 Å². The average Bonchev–Trinajstić information content (AvgIpc) is 2.33. The van der Waals surface area contributed by atoms with Crippen LogP contribution in [0.4, 0.5) is 0 Å². The predicted octanol–water partition coefficient (Wildman–Crippen LogP) is 1.99. The van der Waals surface area contributed by atoms with Crippen LogP contribution in [0.3, 0.4) is 0 Å². The summed E-state index contributed by atoms with van der Waals surface area (Å²) in [5, 5.41) is 0. The second-order valence-electron chi connectivity index (χ2n) is 4.31. The number of ketones is 1. The summed E-state index contributed by atoms with van der Waals surface area (Å²) >= 11 is 0. The number of rotatable bonds is 1. The Morgan fingerprint density at radius 3 is 2.75 bits per heavy atom. The van der Waals surface area contributed by atoms with E-state index >= 15 is 0 Å². The normalized spacial score (nSPS) is 23.8. The van der Waals surface area contributed by atoms with E-state index in [1.807, 2.05) is 18.2 Å². The Bertz CT molecular complexity index is 450. The monoisotopic (exact) mass is 218 g/mol. The summed E-state index contributed by atoms with van der Waals surface area (Å²) in [7, 11) is 1.32. The Morgan fingerprint density at radius 2 is 2.06 bits per heavy atom. The summed E-state index contributed by atoms with van der Waals surface area (Å²) in [5.74, 6) is -0.562. The summed E-state index contributed by atoms with van der Waals surface area (Å²) in [4.78, 5) is 23.9. The summed E-state index contributed by atoms with van der Waals surface area (Å²) in [5.41, 5.74) is 0.666. The van der Waals surface area contributed by atoms with Crippen LogP contribution in [0, 0.1) is 5.41 Å². The van der Waals surface area contributed by atoms with Gasteiger partial charge >= 0.3 is 5.97 Å². The molecule has 0 saturated carbocycles. The van der Waals surface area contributed by atoms with Crippen molar-refractivity contribution in [1.82, 2.24) is 0 Å². The highest BCUT2D eigenvalue weighted by molar-refractivity contribution is 6.13. The molecule has 1 aromatic rings. The van der Waals surface area contributed by atoms with Crippen LogP contribution in [0.25, 0.3) is 0 Å². The zero-order chi connectivity index (χ0) is 11.8. The Hall–Kier alpha value is -1.64. The largest absolute Gasteiger partial charge is 0.468 e. The quantitative estimate of drug-likeness (QED) is 0.535. The summed E-state index contributed by atoms with van der Waals surface area (Å²) in [6.07, 6.45) is 1.27. The lowest BCUT2D eigenvalue weighted by Gasteiger charge is -2.30. The van der Waals surface area contributed by atoms with Crippen LogP contribution >= 0.6 is 0 Å². The highest BCUT2D eigenvalue weighted by atomic mass is 16.5. The zero-order valence-corrected chi connectivity index (χ0v) is 9.45. The van der Waals surface area contributed by atoms with Crippen molar-refractivity contribution in [1.29, 1.82) is 0 Å². The fourth-order valence-corrected chi connectivity index (χ4v) is 2.18. The minimum atomic E-state index is -1.01. The molecule has 2 rings (SSSR count). The van der Waals surface area contributed by atoms with Gasteiger partial charge in [-0.05, 0) is 25.3 Å². The Kier molecular flexibility index (Phi) is 2.54. The molecule has 1 aliphatic carbocycles. The number of carbonyl (C=O) groups is 2. The van der Waals surface area contributed by atoms with Crippen LogP contribution in [0.15, 0.2) is 24.3 Å². The van der Waals surface area contributed by atoms with E-state index in [1.165, 1.54) is 7.11 Å². The molecule has 3 heteroatoms. The molecule has 0 radical (unpaired) electrons. The number of esters is 1. The molecule has 0 aromatic heterocycles. The van der Waals surface area contributed by atoms with Crippen LogP contribution in [-0.2, 0) is 16.0 Å². The van der Waals surface area contributed by atoms with Gasteiger partial charge in [0, 0.05) is 5.56 Å². The molecule has 1 unspecified atom stereocenters. The fraction of sp³-hybridized carbons (Fsp3) is 0.385. The molecule has 3 nitrogen and oxygen atoms in total. The topological polar surface area (TPSA) is 43.4 Å². The van der Waals surface area contributed by atoms with Crippen molar-refractivity contribution in [2.75, 3.05) is 7.11 Å². The molecule has 1 aliphatic rings. The summed E-state index contributed by atoms with van der Waals surface area (Å²) in [6.45, 7) is 1.66. The number of ether oxygens (including phenoxy) is 1. The molecule has 0 amide bonds. The van der Waals surface area contributed by atoms with Crippen LogP contribution in [0.1, 0.15) is 29.3 Å². The Morgan fingerprint density at radius 1 is 1.38 bits per heavy atom. The summed E-state index contributed by atoms with van der Waals surface area (Å²) < 4.78 is 4.72. The van der Waals surface area contributed by atoms with E-state index < -0.39 is 11.4 Å². The molecule has 0 aliphatic heterocycles. The van der Waals surface area contributed by atoms with Crippen LogP contribution in [0.2, 0.25) is 0 Å². The van der Waals surface area contributed by atoms with E-state index in [4.69, 9.17) is 4.74 Å². The van der Waals surface area contributed by atoms with Crippen molar-refractivity contribution in [3.63, 3.8) is 0 Å². The molecular weight excluding hydrogens is 204 g/mol. The van der Waals surface area contributed by atoms with Crippen molar-refractivity contribution in [3.05, 3.63) is 35.4 Å². The number of fused-ring (bicyclic) bond motifs is 1. The van der Waals surface area contributed by atoms with Crippen molar-refractivity contribution in [3.8, 4) is 0 Å². The minimum absolute atomic E-state index is 0.124. The van der Waals surface area contributed by atoms with Gasteiger partial charge in [0.2, 0.25) is 0 Å². The third-order valence-electron chi connectivity index (χ3n) is 3.29. The average molecular weight is 218 g/mol. The first-order chi connectivity index (χ1) is 7.59. The molecule has 0 spiro atoms. The molecular formula is C13H14O3. The zero-order valence-electron chi connectivity index (χ0n) is 9.45. The van der Waals surface area contributed by atoms with Crippen molar-refractivity contribution < 1.29 is 14.3 Å². The van der Waals surface area contributed by atoms with Gasteiger partial charge in [-0.25, -0.2) is 0 Å². The van der Waals surface area contributed by atoms with Crippen molar-refractivity contribution >= 4 is 11.8 Å². The molecule has 1 aromatic carbocycles. The number of hydrogen-bond acceptors (Lipinski definition) is 3. The van der Waals surface area contributed by atoms with Gasteiger partial charge in [-0.2, -0.15) is 0 Å². The van der Waals surface area contributed by atoms with Gasteiger partial charge < -0.3 is 4.74 Å². The number of carbonyl (C=O) groups excluding carboxylic acids is 2. The number of benzene rings is 1. The molecule has 0 N–H and O–H groups in total. The highest BCUT2D eigenvalue weighted by Crippen LogP contribution is 2.35.